The molecule has 0 amide bonds. The summed E-state index contributed by atoms with van der Waals surface area (Å²) in [5.41, 5.74) is 1.15. The van der Waals surface area contributed by atoms with E-state index in [-0.39, 0.29) is 0 Å². The van der Waals surface area contributed by atoms with Gasteiger partial charge in [0, 0.05) is 36.1 Å². The van der Waals surface area contributed by atoms with E-state index in [2.05, 4.69) is 46.8 Å². The molecule has 0 bridgehead atoms. The molecule has 0 aromatic heterocycles. The molecule has 0 spiro atoms. The second-order valence-corrected chi connectivity index (χ2v) is 5.91. The van der Waals surface area contributed by atoms with Crippen LogP contribution in [-0.4, -0.2) is 25.1 Å². The Balaban J connectivity index is 2.82. The van der Waals surface area contributed by atoms with Gasteiger partial charge in [-0.1, -0.05) is 29.8 Å². The van der Waals surface area contributed by atoms with E-state index in [4.69, 9.17) is 10.00 Å². The summed E-state index contributed by atoms with van der Waals surface area (Å²) in [4.78, 5) is 2.30. The minimum Gasteiger partial charge on any atom is -0.496 e. The standard InChI is InChI=1S/C15H21BrN2O/c1-12(2)10-18(8-4-7-17)11-13-9-14(16)5-6-15(13)19-3/h5-6,9,12H,4,8,10-11H2,1-3H3. The van der Waals surface area contributed by atoms with Crippen LogP contribution < -0.4 is 4.74 Å². The highest BCUT2D eigenvalue weighted by Crippen LogP contribution is 2.24. The fourth-order valence-electron chi connectivity index (χ4n) is 2.07. The predicted molar refractivity (Wildman–Crippen MR) is 81.0 cm³/mol. The van der Waals surface area contributed by atoms with E-state index < -0.39 is 0 Å². The van der Waals surface area contributed by atoms with Crippen molar-refractivity contribution in [2.75, 3.05) is 20.2 Å². The third-order valence-corrected chi connectivity index (χ3v) is 3.29. The van der Waals surface area contributed by atoms with Crippen LogP contribution >= 0.6 is 15.9 Å². The van der Waals surface area contributed by atoms with Gasteiger partial charge in [-0.2, -0.15) is 5.26 Å². The first-order valence-electron chi connectivity index (χ1n) is 6.48. The zero-order valence-corrected chi connectivity index (χ0v) is 13.4. The highest BCUT2D eigenvalue weighted by atomic mass is 79.9. The number of benzene rings is 1. The zero-order valence-electron chi connectivity index (χ0n) is 11.8. The fraction of sp³-hybridized carbons (Fsp3) is 0.533. The number of rotatable bonds is 7. The Labute approximate surface area is 124 Å². The fourth-order valence-corrected chi connectivity index (χ4v) is 2.48. The zero-order chi connectivity index (χ0) is 14.3. The van der Waals surface area contributed by atoms with E-state index in [9.17, 15) is 0 Å². The molecule has 0 atom stereocenters. The molecular weight excluding hydrogens is 304 g/mol. The van der Waals surface area contributed by atoms with Gasteiger partial charge in [0.25, 0.3) is 0 Å². The summed E-state index contributed by atoms with van der Waals surface area (Å²) < 4.78 is 6.45. The number of ether oxygens (including phenoxy) is 1. The molecule has 3 nitrogen and oxygen atoms in total. The van der Waals surface area contributed by atoms with E-state index in [0.717, 1.165) is 35.4 Å². The summed E-state index contributed by atoms with van der Waals surface area (Å²) in [7, 11) is 1.69. The van der Waals surface area contributed by atoms with Crippen molar-refractivity contribution in [1.29, 1.82) is 5.26 Å². The molecule has 0 saturated heterocycles. The van der Waals surface area contributed by atoms with Crippen molar-refractivity contribution in [3.63, 3.8) is 0 Å². The molecule has 0 aliphatic heterocycles. The minimum absolute atomic E-state index is 0.559. The van der Waals surface area contributed by atoms with Crippen molar-refractivity contribution in [3.05, 3.63) is 28.2 Å². The second kappa shape index (κ2) is 8.19. The third kappa shape index (κ3) is 5.63. The molecular formula is C15H21BrN2O. The summed E-state index contributed by atoms with van der Waals surface area (Å²) >= 11 is 3.49. The minimum atomic E-state index is 0.559. The maximum absolute atomic E-state index is 8.75. The van der Waals surface area contributed by atoms with Gasteiger partial charge in [0.05, 0.1) is 13.2 Å². The lowest BCUT2D eigenvalue weighted by molar-refractivity contribution is 0.238. The van der Waals surface area contributed by atoms with Crippen LogP contribution in [-0.2, 0) is 6.54 Å². The number of methoxy groups -OCH3 is 1. The van der Waals surface area contributed by atoms with Crippen molar-refractivity contribution < 1.29 is 4.74 Å². The summed E-state index contributed by atoms with van der Waals surface area (Å²) in [6.45, 7) is 6.97. The molecule has 104 valence electrons. The van der Waals surface area contributed by atoms with Crippen LogP contribution in [0, 0.1) is 17.2 Å². The lowest BCUT2D eigenvalue weighted by atomic mass is 10.1. The Morgan fingerprint density at radius 3 is 2.74 bits per heavy atom. The van der Waals surface area contributed by atoms with Gasteiger partial charge in [-0.3, -0.25) is 4.90 Å². The van der Waals surface area contributed by atoms with Crippen molar-refractivity contribution in [2.45, 2.75) is 26.8 Å². The number of hydrogen-bond donors (Lipinski definition) is 0. The van der Waals surface area contributed by atoms with E-state index in [1.54, 1.807) is 7.11 Å². The van der Waals surface area contributed by atoms with Gasteiger partial charge < -0.3 is 4.74 Å². The van der Waals surface area contributed by atoms with E-state index >= 15 is 0 Å². The Morgan fingerprint density at radius 1 is 1.42 bits per heavy atom. The van der Waals surface area contributed by atoms with Crippen molar-refractivity contribution in [3.8, 4) is 11.8 Å². The monoisotopic (exact) mass is 324 g/mol. The summed E-state index contributed by atoms with van der Waals surface area (Å²) in [5.74, 6) is 1.48. The average molecular weight is 325 g/mol. The SMILES string of the molecule is COc1ccc(Br)cc1CN(CCC#N)CC(C)C. The first-order chi connectivity index (χ1) is 9.06. The molecule has 0 saturated carbocycles. The molecule has 0 fully saturated rings. The first-order valence-corrected chi connectivity index (χ1v) is 7.27. The van der Waals surface area contributed by atoms with Gasteiger partial charge in [-0.15, -0.1) is 0 Å². The highest BCUT2D eigenvalue weighted by Gasteiger charge is 2.11. The third-order valence-electron chi connectivity index (χ3n) is 2.80. The van der Waals surface area contributed by atoms with Crippen molar-refractivity contribution in [2.24, 2.45) is 5.92 Å². The molecule has 1 rings (SSSR count). The van der Waals surface area contributed by atoms with Gasteiger partial charge >= 0.3 is 0 Å². The molecule has 1 aromatic rings. The summed E-state index contributed by atoms with van der Waals surface area (Å²) in [6.07, 6.45) is 0.559. The van der Waals surface area contributed by atoms with Crippen LogP contribution in [0.3, 0.4) is 0 Å². The number of nitrogens with zero attached hydrogens (tertiary/aromatic N) is 2. The molecule has 1 aromatic carbocycles. The van der Waals surface area contributed by atoms with Crippen molar-refractivity contribution >= 4 is 15.9 Å². The Morgan fingerprint density at radius 2 is 2.16 bits per heavy atom. The van der Waals surface area contributed by atoms with Crippen LogP contribution in [0.15, 0.2) is 22.7 Å². The normalized spacial score (nSPS) is 10.8. The van der Waals surface area contributed by atoms with Crippen LogP contribution in [0.4, 0.5) is 0 Å². The van der Waals surface area contributed by atoms with Crippen LogP contribution in [0.25, 0.3) is 0 Å². The number of hydrogen-bond acceptors (Lipinski definition) is 3. The smallest absolute Gasteiger partial charge is 0.123 e. The topological polar surface area (TPSA) is 36.3 Å². The lowest BCUT2D eigenvalue weighted by Gasteiger charge is -2.24. The molecule has 0 radical (unpaired) electrons. The maximum atomic E-state index is 8.75. The van der Waals surface area contributed by atoms with E-state index in [1.165, 1.54) is 0 Å². The Kier molecular flexibility index (Phi) is 6.90. The molecule has 4 heteroatoms. The second-order valence-electron chi connectivity index (χ2n) is 4.99. The summed E-state index contributed by atoms with van der Waals surface area (Å²) in [6, 6.07) is 8.24. The lowest BCUT2D eigenvalue weighted by Crippen LogP contribution is -2.28. The molecule has 0 N–H and O–H groups in total. The van der Waals surface area contributed by atoms with Gasteiger partial charge in [0.15, 0.2) is 0 Å². The van der Waals surface area contributed by atoms with Gasteiger partial charge in [0.1, 0.15) is 5.75 Å². The van der Waals surface area contributed by atoms with Crippen LogP contribution in [0.2, 0.25) is 0 Å². The molecule has 0 heterocycles. The van der Waals surface area contributed by atoms with Gasteiger partial charge in [-0.25, -0.2) is 0 Å². The number of halogens is 1. The van der Waals surface area contributed by atoms with E-state index in [0.29, 0.717) is 12.3 Å². The predicted octanol–water partition coefficient (Wildman–Crippen LogP) is 3.83. The largest absolute Gasteiger partial charge is 0.496 e. The number of nitriles is 1. The van der Waals surface area contributed by atoms with Gasteiger partial charge in [0.2, 0.25) is 0 Å². The molecule has 0 unspecified atom stereocenters. The first kappa shape index (κ1) is 16.0. The Bertz CT molecular complexity index is 440. The summed E-state index contributed by atoms with van der Waals surface area (Å²) in [5, 5.41) is 8.75. The van der Waals surface area contributed by atoms with Crippen LogP contribution in [0.5, 0.6) is 5.75 Å². The maximum Gasteiger partial charge on any atom is 0.123 e. The van der Waals surface area contributed by atoms with Gasteiger partial charge in [-0.05, 0) is 24.1 Å². The highest BCUT2D eigenvalue weighted by molar-refractivity contribution is 9.10. The van der Waals surface area contributed by atoms with Crippen LogP contribution in [0.1, 0.15) is 25.8 Å². The molecule has 0 aliphatic rings. The van der Waals surface area contributed by atoms with E-state index in [1.807, 2.05) is 12.1 Å². The molecule has 19 heavy (non-hydrogen) atoms. The quantitative estimate of drug-likeness (QED) is 0.764. The molecule has 0 aliphatic carbocycles. The van der Waals surface area contributed by atoms with Crippen molar-refractivity contribution in [1.82, 2.24) is 4.90 Å². The Hall–Kier alpha value is -1.05. The average Bonchev–Trinajstić information content (AvgIpc) is 2.35.